The average molecular weight is 297 g/mol. The molecule has 0 saturated heterocycles. The molecule has 0 radical (unpaired) electrons. The van der Waals surface area contributed by atoms with Gasteiger partial charge in [-0.25, -0.2) is 0 Å². The molecule has 0 spiro atoms. The van der Waals surface area contributed by atoms with Gasteiger partial charge < -0.3 is 4.74 Å². The number of halogens is 4. The highest BCUT2D eigenvalue weighted by molar-refractivity contribution is 9.10. The summed E-state index contributed by atoms with van der Waals surface area (Å²) < 4.78 is 42.5. The van der Waals surface area contributed by atoms with Crippen molar-refractivity contribution in [2.75, 3.05) is 7.11 Å². The molecule has 0 fully saturated rings. The summed E-state index contributed by atoms with van der Waals surface area (Å²) in [5.74, 6) is -0.476. The number of rotatable bonds is 2. The lowest BCUT2D eigenvalue weighted by atomic mass is 10.1. The minimum Gasteiger partial charge on any atom is -0.496 e. The Bertz CT molecular complexity index is 427. The second kappa shape index (κ2) is 4.45. The van der Waals surface area contributed by atoms with Crippen LogP contribution in [0.5, 0.6) is 5.75 Å². The molecule has 0 amide bonds. The van der Waals surface area contributed by atoms with Gasteiger partial charge in [0.2, 0.25) is 0 Å². The van der Waals surface area contributed by atoms with Crippen LogP contribution in [-0.2, 0) is 6.18 Å². The van der Waals surface area contributed by atoms with Crippen LogP contribution in [0.15, 0.2) is 16.6 Å². The Morgan fingerprint density at radius 3 is 2.31 bits per heavy atom. The first-order chi connectivity index (χ1) is 7.27. The predicted molar refractivity (Wildman–Crippen MR) is 55.7 cm³/mol. The van der Waals surface area contributed by atoms with Gasteiger partial charge in [0.25, 0.3) is 0 Å². The summed E-state index contributed by atoms with van der Waals surface area (Å²) in [6.45, 7) is 1.19. The standard InChI is InChI=1S/C10H8BrF3O2/c1-5(15)7-3-6(10(12,13)14)4-8(16-2)9(7)11/h3-4H,1-2H3. The topological polar surface area (TPSA) is 26.3 Å². The Balaban J connectivity index is 3.46. The number of carbonyl (C=O) groups is 1. The molecule has 0 heterocycles. The molecule has 16 heavy (non-hydrogen) atoms. The summed E-state index contributed by atoms with van der Waals surface area (Å²) in [4.78, 5) is 11.2. The number of ketones is 1. The van der Waals surface area contributed by atoms with Crippen LogP contribution in [0, 0.1) is 0 Å². The molecule has 0 N–H and O–H groups in total. The van der Waals surface area contributed by atoms with Gasteiger partial charge in [-0.1, -0.05) is 0 Å². The van der Waals surface area contributed by atoms with Gasteiger partial charge in [-0.3, -0.25) is 4.79 Å². The van der Waals surface area contributed by atoms with Crippen LogP contribution in [0.25, 0.3) is 0 Å². The molecule has 0 aliphatic heterocycles. The number of ether oxygens (including phenoxy) is 1. The fourth-order valence-corrected chi connectivity index (χ4v) is 1.84. The Morgan fingerprint density at radius 1 is 1.38 bits per heavy atom. The predicted octanol–water partition coefficient (Wildman–Crippen LogP) is 3.68. The largest absolute Gasteiger partial charge is 0.496 e. The van der Waals surface area contributed by atoms with Crippen molar-refractivity contribution < 1.29 is 22.7 Å². The highest BCUT2D eigenvalue weighted by Crippen LogP contribution is 2.37. The van der Waals surface area contributed by atoms with Gasteiger partial charge >= 0.3 is 6.18 Å². The van der Waals surface area contributed by atoms with Crippen molar-refractivity contribution in [1.82, 2.24) is 0 Å². The van der Waals surface area contributed by atoms with E-state index in [1.807, 2.05) is 0 Å². The molecule has 0 aliphatic rings. The molecule has 0 bridgehead atoms. The summed E-state index contributed by atoms with van der Waals surface area (Å²) >= 11 is 3.03. The average Bonchev–Trinajstić information content (AvgIpc) is 2.15. The Morgan fingerprint density at radius 2 is 1.94 bits per heavy atom. The molecular formula is C10H8BrF3O2. The minimum absolute atomic E-state index is 0.0139. The SMILES string of the molecule is COc1cc(C(F)(F)F)cc(C(C)=O)c1Br. The molecule has 6 heteroatoms. The summed E-state index contributed by atoms with van der Waals surface area (Å²) in [5.41, 5.74) is -0.954. The molecule has 2 nitrogen and oxygen atoms in total. The van der Waals surface area contributed by atoms with Crippen molar-refractivity contribution in [2.45, 2.75) is 13.1 Å². The van der Waals surface area contributed by atoms with E-state index in [1.54, 1.807) is 0 Å². The highest BCUT2D eigenvalue weighted by Gasteiger charge is 2.32. The van der Waals surface area contributed by atoms with Crippen LogP contribution in [0.4, 0.5) is 13.2 Å². The molecule has 88 valence electrons. The van der Waals surface area contributed by atoms with Crippen LogP contribution in [0.2, 0.25) is 0 Å². The van der Waals surface area contributed by atoms with Crippen LogP contribution >= 0.6 is 15.9 Å². The van der Waals surface area contributed by atoms with E-state index in [1.165, 1.54) is 14.0 Å². The van der Waals surface area contributed by atoms with Gasteiger partial charge in [-0.05, 0) is 35.0 Å². The van der Waals surface area contributed by atoms with Gasteiger partial charge in [0.15, 0.2) is 5.78 Å². The normalized spacial score (nSPS) is 11.4. The third-order valence-electron chi connectivity index (χ3n) is 1.97. The van der Waals surface area contributed by atoms with E-state index in [0.717, 1.165) is 12.1 Å². The van der Waals surface area contributed by atoms with E-state index in [0.29, 0.717) is 0 Å². The number of benzene rings is 1. The smallest absolute Gasteiger partial charge is 0.416 e. The Labute approximate surface area is 98.5 Å². The zero-order valence-electron chi connectivity index (χ0n) is 8.48. The van der Waals surface area contributed by atoms with E-state index in [9.17, 15) is 18.0 Å². The Hall–Kier alpha value is -1.04. The zero-order valence-corrected chi connectivity index (χ0v) is 10.1. The third-order valence-corrected chi connectivity index (χ3v) is 2.78. The second-order valence-electron chi connectivity index (χ2n) is 3.09. The maximum absolute atomic E-state index is 12.5. The molecule has 1 aromatic carbocycles. The summed E-state index contributed by atoms with van der Waals surface area (Å²) in [5, 5.41) is 0. The fraction of sp³-hybridized carbons (Fsp3) is 0.300. The van der Waals surface area contributed by atoms with Gasteiger partial charge in [-0.2, -0.15) is 13.2 Å². The van der Waals surface area contributed by atoms with Crippen molar-refractivity contribution in [3.63, 3.8) is 0 Å². The molecule has 0 unspecified atom stereocenters. The van der Waals surface area contributed by atoms with Crippen molar-refractivity contribution in [1.29, 1.82) is 0 Å². The lowest BCUT2D eigenvalue weighted by molar-refractivity contribution is -0.137. The molecule has 0 saturated carbocycles. The molecule has 0 aromatic heterocycles. The first-order valence-corrected chi connectivity index (χ1v) is 5.02. The van der Waals surface area contributed by atoms with Gasteiger partial charge in [0.1, 0.15) is 5.75 Å². The summed E-state index contributed by atoms with van der Waals surface area (Å²) in [6, 6.07) is 1.64. The van der Waals surface area contributed by atoms with Gasteiger partial charge in [0.05, 0.1) is 17.1 Å². The van der Waals surface area contributed by atoms with E-state index in [2.05, 4.69) is 15.9 Å². The molecular weight excluding hydrogens is 289 g/mol. The minimum atomic E-state index is -4.50. The van der Waals surface area contributed by atoms with Crippen molar-refractivity contribution in [2.24, 2.45) is 0 Å². The lowest BCUT2D eigenvalue weighted by Crippen LogP contribution is -2.08. The van der Waals surface area contributed by atoms with E-state index in [-0.39, 0.29) is 15.8 Å². The van der Waals surface area contributed by atoms with E-state index in [4.69, 9.17) is 4.74 Å². The maximum atomic E-state index is 12.5. The summed E-state index contributed by atoms with van der Waals surface area (Å²) in [7, 11) is 1.24. The number of hydrogen-bond acceptors (Lipinski definition) is 2. The monoisotopic (exact) mass is 296 g/mol. The van der Waals surface area contributed by atoms with Crippen molar-refractivity contribution >= 4 is 21.7 Å². The molecule has 1 rings (SSSR count). The maximum Gasteiger partial charge on any atom is 0.416 e. The van der Waals surface area contributed by atoms with Gasteiger partial charge in [0, 0.05) is 5.56 Å². The molecule has 0 atom stereocenters. The summed E-state index contributed by atoms with van der Waals surface area (Å²) in [6.07, 6.45) is -4.50. The van der Waals surface area contributed by atoms with Crippen LogP contribution in [0.1, 0.15) is 22.8 Å². The quantitative estimate of drug-likeness (QED) is 0.778. The van der Waals surface area contributed by atoms with Gasteiger partial charge in [-0.15, -0.1) is 0 Å². The highest BCUT2D eigenvalue weighted by atomic mass is 79.9. The van der Waals surface area contributed by atoms with Crippen molar-refractivity contribution in [3.05, 3.63) is 27.7 Å². The number of Topliss-reactive ketones (excluding diaryl/α,β-unsaturated/α-hetero) is 1. The van der Waals surface area contributed by atoms with Crippen LogP contribution in [0.3, 0.4) is 0 Å². The first-order valence-electron chi connectivity index (χ1n) is 4.23. The molecule has 1 aromatic rings. The zero-order chi connectivity index (χ0) is 12.5. The van der Waals surface area contributed by atoms with Crippen molar-refractivity contribution in [3.8, 4) is 5.75 Å². The molecule has 0 aliphatic carbocycles. The number of methoxy groups -OCH3 is 1. The third kappa shape index (κ3) is 2.55. The van der Waals surface area contributed by atoms with Crippen LogP contribution in [-0.4, -0.2) is 12.9 Å². The fourth-order valence-electron chi connectivity index (χ4n) is 1.17. The second-order valence-corrected chi connectivity index (χ2v) is 3.89. The number of carbonyl (C=O) groups excluding carboxylic acids is 1. The number of alkyl halides is 3. The first kappa shape index (κ1) is 13.0. The lowest BCUT2D eigenvalue weighted by Gasteiger charge is -2.12. The number of hydrogen-bond donors (Lipinski definition) is 0. The van der Waals surface area contributed by atoms with Crippen LogP contribution < -0.4 is 4.74 Å². The van der Waals surface area contributed by atoms with E-state index >= 15 is 0 Å². The Kier molecular flexibility index (Phi) is 3.62. The van der Waals surface area contributed by atoms with E-state index < -0.39 is 17.5 Å².